The van der Waals surface area contributed by atoms with Crippen molar-refractivity contribution in [1.82, 2.24) is 45.8 Å². The van der Waals surface area contributed by atoms with Gasteiger partial charge in [0, 0.05) is 110 Å². The lowest BCUT2D eigenvalue weighted by Gasteiger charge is -2.40. The van der Waals surface area contributed by atoms with Crippen molar-refractivity contribution in [3.05, 3.63) is 95.4 Å². The van der Waals surface area contributed by atoms with Gasteiger partial charge in [0.15, 0.2) is 5.65 Å². The minimum atomic E-state index is -0.386. The number of nitrogens with zero attached hydrogens (tertiary/aromatic N) is 9. The number of carbonyl (C=O) groups is 3. The number of hydrogen-bond acceptors (Lipinski definition) is 12. The molecule has 6 aromatic rings. The van der Waals surface area contributed by atoms with Crippen molar-refractivity contribution in [3.8, 4) is 22.4 Å². The lowest BCUT2D eigenvalue weighted by molar-refractivity contribution is -0.120. The smallest absolute Gasteiger partial charge is 0.328 e. The summed E-state index contributed by atoms with van der Waals surface area (Å²) in [6.07, 6.45) is 6.40. The minimum Gasteiger partial charge on any atom is -0.372 e. The van der Waals surface area contributed by atoms with Crippen LogP contribution in [-0.4, -0.2) is 105 Å². The molecule has 0 aliphatic carbocycles. The second-order valence-corrected chi connectivity index (χ2v) is 18.5. The minimum absolute atomic E-state index is 0.0201. The zero-order chi connectivity index (χ0) is 44.7. The van der Waals surface area contributed by atoms with Gasteiger partial charge in [-0.05, 0) is 98.7 Å². The van der Waals surface area contributed by atoms with Gasteiger partial charge in [-0.15, -0.1) is 0 Å². The summed E-state index contributed by atoms with van der Waals surface area (Å²) in [5.41, 5.74) is 9.16. The molecule has 4 aromatic heterocycles. The SMILES string of the molecule is Cc1cc(-c2[nH]nc3ncc(-c4ccc(N5CCN(CC6CCN(c7ccc(N8CCC(=O)NC8=O)c(C)c7)CC6)CC5)nc4)cc23)ccc1[C@@H](C)NC(=O)c1noc(C(C)(C)C)n1. The van der Waals surface area contributed by atoms with Gasteiger partial charge in [0.1, 0.15) is 5.82 Å². The van der Waals surface area contributed by atoms with E-state index in [9.17, 15) is 14.4 Å². The molecule has 64 heavy (non-hydrogen) atoms. The standard InChI is InChI=1S/C48H56N12O4/c1-29-23-33(7-10-37(29)31(3)51-45(62)44-53-46(64-56-44)48(4,5)6)42-38-25-35(27-50-43(38)55-54-42)34-8-12-40(49-26-34)59-21-19-57(20-22-59)28-32-13-16-58(17-14-32)36-9-11-39(30(2)24-36)60-18-15-41(61)52-47(60)63/h7-12,23-27,31-32H,13-22,28H2,1-6H3,(H,51,62)(H,50,54,55)(H,52,61,63)/t31-/m1/s1. The molecule has 1 atom stereocenters. The summed E-state index contributed by atoms with van der Waals surface area (Å²) in [4.78, 5) is 60.0. The highest BCUT2D eigenvalue weighted by Gasteiger charge is 2.29. The molecule has 16 heteroatoms. The van der Waals surface area contributed by atoms with E-state index < -0.39 is 0 Å². The van der Waals surface area contributed by atoms with Gasteiger partial charge in [-0.3, -0.25) is 29.8 Å². The lowest BCUT2D eigenvalue weighted by atomic mass is 9.95. The van der Waals surface area contributed by atoms with Gasteiger partial charge in [0.25, 0.3) is 11.7 Å². The largest absolute Gasteiger partial charge is 0.372 e. The number of aryl methyl sites for hydroxylation is 2. The van der Waals surface area contributed by atoms with Gasteiger partial charge in [-0.25, -0.2) is 14.8 Å². The Morgan fingerprint density at radius 1 is 0.859 bits per heavy atom. The average Bonchev–Trinajstić information content (AvgIpc) is 3.96. The summed E-state index contributed by atoms with van der Waals surface area (Å²) in [5.74, 6) is 1.48. The zero-order valence-corrected chi connectivity index (χ0v) is 37.4. The number of benzene rings is 2. The molecular weight excluding hydrogens is 809 g/mol. The number of rotatable bonds is 10. The van der Waals surface area contributed by atoms with Crippen molar-refractivity contribution in [1.29, 1.82) is 0 Å². The van der Waals surface area contributed by atoms with Gasteiger partial charge in [-0.1, -0.05) is 38.1 Å². The molecule has 3 aliphatic rings. The number of piperazine rings is 1. The third kappa shape index (κ3) is 8.91. The number of carbonyl (C=O) groups excluding carboxylic acids is 3. The molecule has 3 N–H and O–H groups in total. The summed E-state index contributed by atoms with van der Waals surface area (Å²) in [5, 5.41) is 17.9. The van der Waals surface area contributed by atoms with E-state index in [4.69, 9.17) is 9.51 Å². The van der Waals surface area contributed by atoms with E-state index in [1.807, 2.05) is 72.1 Å². The molecular formula is C48H56N12O4. The van der Waals surface area contributed by atoms with E-state index in [1.54, 1.807) is 4.90 Å². The topological polar surface area (TPSA) is 182 Å². The van der Waals surface area contributed by atoms with Crippen LogP contribution in [0, 0.1) is 19.8 Å². The van der Waals surface area contributed by atoms with Crippen molar-refractivity contribution < 1.29 is 18.9 Å². The fraction of sp³-hybridized carbons (Fsp3) is 0.417. The number of imide groups is 1. The molecule has 0 radical (unpaired) electrons. The van der Waals surface area contributed by atoms with Gasteiger partial charge < -0.3 is 19.6 Å². The van der Waals surface area contributed by atoms with Crippen molar-refractivity contribution in [2.24, 2.45) is 5.92 Å². The van der Waals surface area contributed by atoms with E-state index >= 15 is 0 Å². The Labute approximate surface area is 372 Å². The number of pyridine rings is 2. The van der Waals surface area contributed by atoms with Crippen molar-refractivity contribution in [2.45, 2.75) is 72.3 Å². The normalized spacial score (nSPS) is 17.2. The van der Waals surface area contributed by atoms with Crippen LogP contribution >= 0.6 is 0 Å². The molecule has 3 aliphatic heterocycles. The van der Waals surface area contributed by atoms with E-state index in [2.05, 4.69) is 87.1 Å². The van der Waals surface area contributed by atoms with Crippen LogP contribution < -0.4 is 25.3 Å². The summed E-state index contributed by atoms with van der Waals surface area (Å²) in [6.45, 7) is 19.3. The second kappa shape index (κ2) is 17.5. The Hall–Kier alpha value is -6.68. The average molecular weight is 865 g/mol. The highest BCUT2D eigenvalue weighted by Crippen LogP contribution is 2.33. The number of amides is 4. The van der Waals surface area contributed by atoms with Crippen LogP contribution in [0.5, 0.6) is 0 Å². The molecule has 2 aromatic carbocycles. The summed E-state index contributed by atoms with van der Waals surface area (Å²) < 4.78 is 5.32. The molecule has 3 saturated heterocycles. The van der Waals surface area contributed by atoms with Gasteiger partial charge in [0.2, 0.25) is 11.8 Å². The molecule has 16 nitrogen and oxygen atoms in total. The summed E-state index contributed by atoms with van der Waals surface area (Å²) >= 11 is 0. The predicted molar refractivity (Wildman–Crippen MR) is 246 cm³/mol. The predicted octanol–water partition coefficient (Wildman–Crippen LogP) is 6.96. The number of piperidine rings is 1. The molecule has 0 unspecified atom stereocenters. The van der Waals surface area contributed by atoms with Crippen LogP contribution in [0.3, 0.4) is 0 Å². The number of H-pyrrole nitrogens is 1. The van der Waals surface area contributed by atoms with Gasteiger partial charge in [0.05, 0.1) is 11.7 Å². The van der Waals surface area contributed by atoms with Crippen molar-refractivity contribution in [3.63, 3.8) is 0 Å². The first kappa shape index (κ1) is 42.6. The maximum Gasteiger partial charge on any atom is 0.328 e. The Morgan fingerprint density at radius 3 is 2.31 bits per heavy atom. The van der Waals surface area contributed by atoms with Crippen LogP contribution in [0.25, 0.3) is 33.4 Å². The third-order valence-corrected chi connectivity index (χ3v) is 12.9. The van der Waals surface area contributed by atoms with E-state index in [0.717, 1.165) is 115 Å². The number of fused-ring (bicyclic) bond motifs is 1. The Balaban J connectivity index is 0.770. The molecule has 3 fully saturated rings. The summed E-state index contributed by atoms with van der Waals surface area (Å²) in [6, 6.07) is 18.2. The molecule has 4 amide bonds. The van der Waals surface area contributed by atoms with Crippen molar-refractivity contribution in [2.75, 3.05) is 67.1 Å². The number of anilines is 3. The lowest BCUT2D eigenvalue weighted by Crippen LogP contribution is -2.49. The molecule has 7 heterocycles. The van der Waals surface area contributed by atoms with Crippen LogP contribution in [0.2, 0.25) is 0 Å². The van der Waals surface area contributed by atoms with E-state index in [-0.39, 0.29) is 35.1 Å². The fourth-order valence-electron chi connectivity index (χ4n) is 9.13. The quantitative estimate of drug-likeness (QED) is 0.129. The Bertz CT molecular complexity index is 2690. The zero-order valence-electron chi connectivity index (χ0n) is 37.4. The first-order chi connectivity index (χ1) is 30.8. The Kier molecular flexibility index (Phi) is 11.6. The van der Waals surface area contributed by atoms with Gasteiger partial charge in [-0.2, -0.15) is 10.1 Å². The first-order valence-corrected chi connectivity index (χ1v) is 22.3. The highest BCUT2D eigenvalue weighted by molar-refractivity contribution is 6.06. The molecule has 9 rings (SSSR count). The monoisotopic (exact) mass is 864 g/mol. The van der Waals surface area contributed by atoms with Crippen LogP contribution in [-0.2, 0) is 10.2 Å². The van der Waals surface area contributed by atoms with Gasteiger partial charge >= 0.3 is 6.03 Å². The maximum atomic E-state index is 13.0. The maximum absolute atomic E-state index is 13.0. The molecule has 0 bridgehead atoms. The van der Waals surface area contributed by atoms with Crippen molar-refractivity contribution >= 4 is 46.1 Å². The number of urea groups is 1. The van der Waals surface area contributed by atoms with E-state index in [1.165, 1.54) is 5.69 Å². The number of aromatic amines is 1. The molecule has 332 valence electrons. The first-order valence-electron chi connectivity index (χ1n) is 22.3. The Morgan fingerprint density at radius 2 is 1.62 bits per heavy atom. The number of hydrogen-bond donors (Lipinski definition) is 3. The highest BCUT2D eigenvalue weighted by atomic mass is 16.5. The molecule has 0 spiro atoms. The van der Waals surface area contributed by atoms with E-state index in [0.29, 0.717) is 30.4 Å². The second-order valence-electron chi connectivity index (χ2n) is 18.5. The van der Waals surface area contributed by atoms with Crippen LogP contribution in [0.4, 0.5) is 22.0 Å². The van der Waals surface area contributed by atoms with Crippen LogP contribution in [0.15, 0.2) is 71.5 Å². The number of nitrogens with one attached hydrogen (secondary N) is 3. The fourth-order valence-corrected chi connectivity index (χ4v) is 9.13. The molecule has 0 saturated carbocycles. The van der Waals surface area contributed by atoms with Crippen LogP contribution in [0.1, 0.15) is 86.2 Å². The third-order valence-electron chi connectivity index (χ3n) is 12.9. The number of aromatic nitrogens is 6. The summed E-state index contributed by atoms with van der Waals surface area (Å²) in [7, 11) is 0.